The standard InChI is InChI=1S/C26H50O5/c1-2-3-4-5-6-7-8-9-10-11-12-13-14-15-16-17-18-19-20-30-26-23(28)22-31-24(21-27)25(26)29/h5-6,23-29H,2-4,7-22H2,1H3/b6-5+/t23-,24+,25+,26+/m1/s1. The minimum absolute atomic E-state index is 0.101. The van der Waals surface area contributed by atoms with Gasteiger partial charge in [0.25, 0.3) is 0 Å². The van der Waals surface area contributed by atoms with Crippen molar-refractivity contribution in [2.45, 2.75) is 134 Å². The molecule has 0 aliphatic carbocycles. The molecule has 5 nitrogen and oxygen atoms in total. The van der Waals surface area contributed by atoms with Gasteiger partial charge in [-0.1, -0.05) is 96.1 Å². The first kappa shape index (κ1) is 28.6. The van der Waals surface area contributed by atoms with E-state index in [1.807, 2.05) is 0 Å². The van der Waals surface area contributed by atoms with E-state index in [2.05, 4.69) is 19.1 Å². The molecule has 0 aromatic carbocycles. The van der Waals surface area contributed by atoms with Gasteiger partial charge in [-0.3, -0.25) is 0 Å². The topological polar surface area (TPSA) is 79.2 Å². The van der Waals surface area contributed by atoms with E-state index >= 15 is 0 Å². The lowest BCUT2D eigenvalue weighted by Gasteiger charge is -2.37. The predicted molar refractivity (Wildman–Crippen MR) is 127 cm³/mol. The predicted octanol–water partition coefficient (Wildman–Crippen LogP) is 5.30. The highest BCUT2D eigenvalue weighted by atomic mass is 16.6. The van der Waals surface area contributed by atoms with Crippen LogP contribution >= 0.6 is 0 Å². The molecule has 0 bridgehead atoms. The Bertz CT molecular complexity index is 415. The maximum absolute atomic E-state index is 10.1. The second-order valence-corrected chi connectivity index (χ2v) is 9.09. The summed E-state index contributed by atoms with van der Waals surface area (Å²) in [7, 11) is 0. The Morgan fingerprint density at radius 1 is 0.774 bits per heavy atom. The maximum atomic E-state index is 10.1. The summed E-state index contributed by atoms with van der Waals surface area (Å²) in [4.78, 5) is 0. The molecular formula is C26H50O5. The van der Waals surface area contributed by atoms with Gasteiger partial charge in [0.1, 0.15) is 24.4 Å². The first-order valence-electron chi connectivity index (χ1n) is 13.1. The summed E-state index contributed by atoms with van der Waals surface area (Å²) in [6.07, 6.45) is 22.2. The Kier molecular flexibility index (Phi) is 18.6. The molecule has 184 valence electrons. The zero-order valence-corrected chi connectivity index (χ0v) is 20.1. The molecule has 0 saturated carbocycles. The number of hydrogen-bond donors (Lipinski definition) is 3. The van der Waals surface area contributed by atoms with Crippen LogP contribution in [0.3, 0.4) is 0 Å². The molecule has 1 aliphatic rings. The molecule has 4 atom stereocenters. The number of rotatable bonds is 20. The van der Waals surface area contributed by atoms with Crippen molar-refractivity contribution in [1.82, 2.24) is 0 Å². The molecule has 1 fully saturated rings. The van der Waals surface area contributed by atoms with Crippen molar-refractivity contribution < 1.29 is 24.8 Å². The van der Waals surface area contributed by atoms with Crippen LogP contribution in [0.1, 0.15) is 110 Å². The van der Waals surface area contributed by atoms with Gasteiger partial charge in [-0.05, 0) is 25.7 Å². The number of unbranched alkanes of at least 4 members (excludes halogenated alkanes) is 14. The van der Waals surface area contributed by atoms with E-state index < -0.39 is 24.4 Å². The van der Waals surface area contributed by atoms with Crippen molar-refractivity contribution in [3.8, 4) is 0 Å². The van der Waals surface area contributed by atoms with Crippen LogP contribution in [-0.2, 0) is 9.47 Å². The molecular weight excluding hydrogens is 392 g/mol. The summed E-state index contributed by atoms with van der Waals surface area (Å²) in [6.45, 7) is 2.62. The fourth-order valence-corrected chi connectivity index (χ4v) is 4.13. The average Bonchev–Trinajstić information content (AvgIpc) is 2.77. The van der Waals surface area contributed by atoms with Gasteiger partial charge in [-0.15, -0.1) is 0 Å². The van der Waals surface area contributed by atoms with Crippen LogP contribution in [0.5, 0.6) is 0 Å². The van der Waals surface area contributed by atoms with Gasteiger partial charge in [0.05, 0.1) is 13.2 Å². The van der Waals surface area contributed by atoms with Gasteiger partial charge in [0.15, 0.2) is 0 Å². The first-order chi connectivity index (χ1) is 15.2. The van der Waals surface area contributed by atoms with E-state index in [0.29, 0.717) is 6.61 Å². The van der Waals surface area contributed by atoms with Gasteiger partial charge in [-0.25, -0.2) is 0 Å². The number of hydrogen-bond acceptors (Lipinski definition) is 5. The summed E-state index contributed by atoms with van der Waals surface area (Å²) in [5.41, 5.74) is 0. The Balaban J connectivity index is 1.81. The largest absolute Gasteiger partial charge is 0.394 e. The molecule has 0 aromatic rings. The van der Waals surface area contributed by atoms with E-state index in [4.69, 9.17) is 9.47 Å². The third kappa shape index (κ3) is 14.3. The summed E-state index contributed by atoms with van der Waals surface area (Å²) in [5, 5.41) is 29.2. The van der Waals surface area contributed by atoms with Crippen molar-refractivity contribution in [3.05, 3.63) is 12.2 Å². The van der Waals surface area contributed by atoms with Crippen LogP contribution in [0.15, 0.2) is 12.2 Å². The maximum Gasteiger partial charge on any atom is 0.114 e. The fourth-order valence-electron chi connectivity index (χ4n) is 4.13. The molecule has 0 aromatic heterocycles. The molecule has 31 heavy (non-hydrogen) atoms. The van der Waals surface area contributed by atoms with Crippen molar-refractivity contribution in [3.63, 3.8) is 0 Å². The third-order valence-corrected chi connectivity index (χ3v) is 6.22. The Morgan fingerprint density at radius 2 is 1.29 bits per heavy atom. The number of aliphatic hydroxyl groups is 3. The third-order valence-electron chi connectivity index (χ3n) is 6.22. The molecule has 0 radical (unpaired) electrons. The SMILES string of the molecule is CCCC/C=C/CCCCCCCCCCCCCCO[C@@H]1[C@@H](O)[C@H](CO)OC[C@H]1O. The summed E-state index contributed by atoms with van der Waals surface area (Å²) in [6, 6.07) is 0. The van der Waals surface area contributed by atoms with Crippen LogP contribution in [0.25, 0.3) is 0 Å². The number of allylic oxidation sites excluding steroid dienone is 2. The molecule has 0 amide bonds. The van der Waals surface area contributed by atoms with Gasteiger partial charge in [-0.2, -0.15) is 0 Å². The van der Waals surface area contributed by atoms with Crippen LogP contribution in [0, 0.1) is 0 Å². The Hall–Kier alpha value is -0.460. The lowest BCUT2D eigenvalue weighted by molar-refractivity contribution is -0.210. The molecule has 1 heterocycles. The highest BCUT2D eigenvalue weighted by molar-refractivity contribution is 4.87. The van der Waals surface area contributed by atoms with Crippen molar-refractivity contribution in [2.75, 3.05) is 19.8 Å². The fraction of sp³-hybridized carbons (Fsp3) is 0.923. The van der Waals surface area contributed by atoms with Gasteiger partial charge in [0.2, 0.25) is 0 Å². The highest BCUT2D eigenvalue weighted by Gasteiger charge is 2.38. The van der Waals surface area contributed by atoms with Crippen molar-refractivity contribution in [2.24, 2.45) is 0 Å². The first-order valence-corrected chi connectivity index (χ1v) is 13.1. The monoisotopic (exact) mass is 442 g/mol. The zero-order valence-electron chi connectivity index (χ0n) is 20.1. The van der Waals surface area contributed by atoms with E-state index in [-0.39, 0.29) is 13.2 Å². The average molecular weight is 443 g/mol. The zero-order chi connectivity index (χ0) is 22.6. The molecule has 1 aliphatic heterocycles. The molecule has 5 heteroatoms. The van der Waals surface area contributed by atoms with Crippen LogP contribution in [0.2, 0.25) is 0 Å². The summed E-state index contributed by atoms with van der Waals surface area (Å²) in [5.74, 6) is 0. The van der Waals surface area contributed by atoms with E-state index in [9.17, 15) is 15.3 Å². The van der Waals surface area contributed by atoms with Crippen LogP contribution in [0.4, 0.5) is 0 Å². The quantitative estimate of drug-likeness (QED) is 0.176. The molecule has 0 spiro atoms. The molecule has 1 rings (SSSR count). The van der Waals surface area contributed by atoms with Gasteiger partial charge >= 0.3 is 0 Å². The minimum atomic E-state index is -0.971. The lowest BCUT2D eigenvalue weighted by Crippen LogP contribution is -2.55. The van der Waals surface area contributed by atoms with E-state index in [1.165, 1.54) is 89.9 Å². The van der Waals surface area contributed by atoms with E-state index in [0.717, 1.165) is 12.8 Å². The molecule has 1 saturated heterocycles. The normalized spacial score (nSPS) is 24.3. The highest BCUT2D eigenvalue weighted by Crippen LogP contribution is 2.19. The summed E-state index contributed by atoms with van der Waals surface area (Å²) < 4.78 is 10.9. The van der Waals surface area contributed by atoms with Crippen molar-refractivity contribution in [1.29, 1.82) is 0 Å². The smallest absolute Gasteiger partial charge is 0.114 e. The van der Waals surface area contributed by atoms with Gasteiger partial charge < -0.3 is 24.8 Å². The second kappa shape index (κ2) is 20.2. The number of ether oxygens (including phenoxy) is 2. The lowest BCUT2D eigenvalue weighted by atomic mass is 10.0. The second-order valence-electron chi connectivity index (χ2n) is 9.09. The van der Waals surface area contributed by atoms with Crippen LogP contribution in [-0.4, -0.2) is 59.6 Å². The Labute approximate surface area is 191 Å². The van der Waals surface area contributed by atoms with Crippen LogP contribution < -0.4 is 0 Å². The number of aliphatic hydroxyl groups excluding tert-OH is 3. The minimum Gasteiger partial charge on any atom is -0.394 e. The van der Waals surface area contributed by atoms with E-state index in [1.54, 1.807) is 0 Å². The molecule has 3 N–H and O–H groups in total. The summed E-state index contributed by atoms with van der Waals surface area (Å²) >= 11 is 0. The molecule has 0 unspecified atom stereocenters. The Morgan fingerprint density at radius 3 is 1.84 bits per heavy atom. The van der Waals surface area contributed by atoms with Crippen molar-refractivity contribution >= 4 is 0 Å². The van der Waals surface area contributed by atoms with Gasteiger partial charge in [0, 0.05) is 6.61 Å².